The van der Waals surface area contributed by atoms with Gasteiger partial charge in [0, 0.05) is 6.04 Å². The van der Waals surface area contributed by atoms with Crippen molar-refractivity contribution in [2.24, 2.45) is 5.73 Å². The summed E-state index contributed by atoms with van der Waals surface area (Å²) >= 11 is 1.61. The van der Waals surface area contributed by atoms with Gasteiger partial charge < -0.3 is 10.8 Å². The van der Waals surface area contributed by atoms with E-state index in [9.17, 15) is 5.11 Å². The van der Waals surface area contributed by atoms with E-state index in [1.807, 2.05) is 12.3 Å². The first-order chi connectivity index (χ1) is 4.25. The van der Waals surface area contributed by atoms with Crippen LogP contribution >= 0.6 is 11.8 Å². The van der Waals surface area contributed by atoms with Crippen LogP contribution in [0.5, 0.6) is 0 Å². The maximum Gasteiger partial charge on any atom is 0.0858 e. The molecule has 0 amide bonds. The van der Waals surface area contributed by atoms with Crippen LogP contribution in [0.15, 0.2) is 12.2 Å². The Labute approximate surface area is 59.1 Å². The number of nitrogens with two attached hydrogens (primary N) is 1. The van der Waals surface area contributed by atoms with E-state index in [4.69, 9.17) is 5.73 Å². The lowest BCUT2D eigenvalue weighted by atomic mass is 10.2. The zero-order valence-corrected chi connectivity index (χ0v) is 6.14. The predicted molar refractivity (Wildman–Crippen MR) is 40.4 cm³/mol. The molecule has 0 unspecified atom stereocenters. The van der Waals surface area contributed by atoms with Crippen molar-refractivity contribution >= 4 is 11.8 Å². The summed E-state index contributed by atoms with van der Waals surface area (Å²) in [6, 6.07) is 0.0370. The smallest absolute Gasteiger partial charge is 0.0858 e. The van der Waals surface area contributed by atoms with E-state index in [0.29, 0.717) is 0 Å². The fraction of sp³-hybridized carbons (Fsp3) is 0.667. The summed E-state index contributed by atoms with van der Waals surface area (Å²) in [7, 11) is 0. The summed E-state index contributed by atoms with van der Waals surface area (Å²) in [6.07, 6.45) is 5.23. The largest absolute Gasteiger partial charge is 0.388 e. The van der Waals surface area contributed by atoms with E-state index in [1.54, 1.807) is 17.8 Å². The molecule has 3 heteroatoms. The molecule has 0 saturated heterocycles. The Bertz CT molecular complexity index is 114. The summed E-state index contributed by atoms with van der Waals surface area (Å²) in [5, 5.41) is 9.34. The monoisotopic (exact) mass is 145 g/mol. The summed E-state index contributed by atoms with van der Waals surface area (Å²) in [6.45, 7) is 0. The molecule has 0 fully saturated rings. The van der Waals surface area contributed by atoms with Gasteiger partial charge in [-0.05, 0) is 6.26 Å². The second kappa shape index (κ2) is 2.73. The minimum atomic E-state index is -0.338. The Kier molecular flexibility index (Phi) is 2.16. The SMILES string of the molecule is CS[C@H]1[C@H](O)C=C[C@@H]1N. The maximum absolute atomic E-state index is 9.17. The number of aliphatic hydroxyl groups excluding tert-OH is 1. The highest BCUT2D eigenvalue weighted by atomic mass is 32.2. The van der Waals surface area contributed by atoms with Gasteiger partial charge in [0.05, 0.1) is 11.4 Å². The van der Waals surface area contributed by atoms with Gasteiger partial charge in [0.1, 0.15) is 0 Å². The lowest BCUT2D eigenvalue weighted by molar-refractivity contribution is 0.225. The lowest BCUT2D eigenvalue weighted by Crippen LogP contribution is -2.33. The zero-order chi connectivity index (χ0) is 6.85. The van der Waals surface area contributed by atoms with Crippen molar-refractivity contribution in [3.05, 3.63) is 12.2 Å². The van der Waals surface area contributed by atoms with E-state index in [1.165, 1.54) is 0 Å². The molecule has 0 bridgehead atoms. The number of hydrogen-bond donors (Lipinski definition) is 2. The second-order valence-electron chi connectivity index (χ2n) is 2.15. The molecule has 1 rings (SSSR count). The molecule has 9 heavy (non-hydrogen) atoms. The van der Waals surface area contributed by atoms with Crippen LogP contribution in [-0.4, -0.2) is 28.8 Å². The molecule has 3 atom stereocenters. The summed E-state index contributed by atoms with van der Waals surface area (Å²) in [4.78, 5) is 0. The quantitative estimate of drug-likeness (QED) is 0.510. The lowest BCUT2D eigenvalue weighted by Gasteiger charge is -2.15. The van der Waals surface area contributed by atoms with Crippen LogP contribution in [0.2, 0.25) is 0 Å². The van der Waals surface area contributed by atoms with Crippen molar-refractivity contribution in [2.45, 2.75) is 17.4 Å². The maximum atomic E-state index is 9.17. The molecule has 0 aliphatic heterocycles. The van der Waals surface area contributed by atoms with E-state index in [0.717, 1.165) is 0 Å². The topological polar surface area (TPSA) is 46.2 Å². The van der Waals surface area contributed by atoms with Gasteiger partial charge in [0.2, 0.25) is 0 Å². The van der Waals surface area contributed by atoms with Crippen LogP contribution in [0, 0.1) is 0 Å². The van der Waals surface area contributed by atoms with E-state index in [2.05, 4.69) is 0 Å². The van der Waals surface area contributed by atoms with E-state index >= 15 is 0 Å². The summed E-state index contributed by atoms with van der Waals surface area (Å²) < 4.78 is 0. The normalized spacial score (nSPS) is 41.9. The van der Waals surface area contributed by atoms with Gasteiger partial charge in [-0.3, -0.25) is 0 Å². The van der Waals surface area contributed by atoms with Crippen molar-refractivity contribution < 1.29 is 5.11 Å². The first-order valence-electron chi connectivity index (χ1n) is 2.90. The van der Waals surface area contributed by atoms with Gasteiger partial charge in [0.25, 0.3) is 0 Å². The Balaban J connectivity index is 2.53. The summed E-state index contributed by atoms with van der Waals surface area (Å²) in [5.74, 6) is 0. The molecule has 0 aromatic carbocycles. The molecule has 52 valence electrons. The van der Waals surface area contributed by atoms with Gasteiger partial charge >= 0.3 is 0 Å². The molecule has 0 aromatic rings. The van der Waals surface area contributed by atoms with Gasteiger partial charge in [0.15, 0.2) is 0 Å². The van der Waals surface area contributed by atoms with Crippen LogP contribution in [0.1, 0.15) is 0 Å². The third-order valence-corrected chi connectivity index (χ3v) is 2.66. The molecule has 1 aliphatic rings. The Hall–Kier alpha value is 0.01000. The molecule has 3 N–H and O–H groups in total. The average Bonchev–Trinajstić information content (AvgIpc) is 2.12. The standard InChI is InChI=1S/C6H11NOS/c1-9-6-4(7)2-3-5(6)8/h2-6,8H,7H2,1H3/t4-,5+,6+/m0/s1. The van der Waals surface area contributed by atoms with Crippen molar-refractivity contribution in [1.82, 2.24) is 0 Å². The Morgan fingerprint density at radius 1 is 1.56 bits per heavy atom. The third-order valence-electron chi connectivity index (χ3n) is 1.52. The molecular formula is C6H11NOS. The van der Waals surface area contributed by atoms with Crippen LogP contribution < -0.4 is 5.73 Å². The first kappa shape index (κ1) is 7.12. The Morgan fingerprint density at radius 2 is 2.22 bits per heavy atom. The number of aliphatic hydroxyl groups is 1. The molecule has 0 saturated carbocycles. The molecule has 2 nitrogen and oxygen atoms in total. The van der Waals surface area contributed by atoms with Crippen molar-refractivity contribution in [1.29, 1.82) is 0 Å². The predicted octanol–water partition coefficient (Wildman–Crippen LogP) is -0.0240. The highest BCUT2D eigenvalue weighted by molar-refractivity contribution is 7.99. The van der Waals surface area contributed by atoms with E-state index in [-0.39, 0.29) is 17.4 Å². The van der Waals surface area contributed by atoms with Gasteiger partial charge in [-0.15, -0.1) is 0 Å². The average molecular weight is 145 g/mol. The van der Waals surface area contributed by atoms with E-state index < -0.39 is 0 Å². The molecule has 0 spiro atoms. The zero-order valence-electron chi connectivity index (χ0n) is 5.32. The van der Waals surface area contributed by atoms with Gasteiger partial charge in [-0.25, -0.2) is 0 Å². The van der Waals surface area contributed by atoms with Crippen molar-refractivity contribution in [3.63, 3.8) is 0 Å². The molecule has 1 aliphatic carbocycles. The second-order valence-corrected chi connectivity index (χ2v) is 3.17. The molecule has 0 heterocycles. The number of rotatable bonds is 1. The number of hydrogen-bond acceptors (Lipinski definition) is 3. The van der Waals surface area contributed by atoms with Crippen molar-refractivity contribution in [3.8, 4) is 0 Å². The van der Waals surface area contributed by atoms with Gasteiger partial charge in [-0.1, -0.05) is 12.2 Å². The third kappa shape index (κ3) is 1.28. The highest BCUT2D eigenvalue weighted by Crippen LogP contribution is 2.21. The van der Waals surface area contributed by atoms with Crippen LogP contribution in [-0.2, 0) is 0 Å². The fourth-order valence-electron chi connectivity index (χ4n) is 0.985. The Morgan fingerprint density at radius 3 is 2.44 bits per heavy atom. The molecular weight excluding hydrogens is 134 g/mol. The van der Waals surface area contributed by atoms with Crippen LogP contribution in [0.25, 0.3) is 0 Å². The van der Waals surface area contributed by atoms with Crippen molar-refractivity contribution in [2.75, 3.05) is 6.26 Å². The molecule has 0 radical (unpaired) electrons. The number of thioether (sulfide) groups is 1. The first-order valence-corrected chi connectivity index (χ1v) is 4.19. The van der Waals surface area contributed by atoms with Gasteiger partial charge in [-0.2, -0.15) is 11.8 Å². The highest BCUT2D eigenvalue weighted by Gasteiger charge is 2.26. The van der Waals surface area contributed by atoms with Crippen LogP contribution in [0.3, 0.4) is 0 Å². The molecule has 0 aromatic heterocycles. The minimum Gasteiger partial charge on any atom is -0.388 e. The summed E-state index contributed by atoms with van der Waals surface area (Å²) in [5.41, 5.74) is 5.61. The minimum absolute atomic E-state index is 0.0370. The fourth-order valence-corrected chi connectivity index (χ4v) is 1.76. The van der Waals surface area contributed by atoms with Crippen LogP contribution in [0.4, 0.5) is 0 Å².